The van der Waals surface area contributed by atoms with E-state index in [1.165, 1.54) is 4.88 Å². The average Bonchev–Trinajstić information content (AvgIpc) is 3.08. The van der Waals surface area contributed by atoms with Gasteiger partial charge in [0, 0.05) is 17.4 Å². The first-order valence-electron chi connectivity index (χ1n) is 6.92. The van der Waals surface area contributed by atoms with E-state index in [1.807, 2.05) is 24.6 Å². The average molecular weight is 306 g/mol. The zero-order valence-electron chi connectivity index (χ0n) is 11.9. The molecule has 1 aliphatic rings. The largest absolute Gasteiger partial charge is 0.493 e. The van der Waals surface area contributed by atoms with Crippen molar-refractivity contribution in [2.45, 2.75) is 19.8 Å². The monoisotopic (exact) mass is 306 g/mol. The van der Waals surface area contributed by atoms with Gasteiger partial charge < -0.3 is 19.9 Å². The number of aryl methyl sites for hydroxylation is 1. The van der Waals surface area contributed by atoms with Crippen LogP contribution < -0.4 is 19.9 Å². The molecular weight excluding hydrogens is 288 g/mol. The summed E-state index contributed by atoms with van der Waals surface area (Å²) in [6, 6.07) is 3.86. The Morgan fingerprint density at radius 2 is 2.10 bits per heavy atom. The Labute approximate surface area is 127 Å². The molecule has 6 heteroatoms. The Morgan fingerprint density at radius 3 is 2.81 bits per heavy atom. The molecule has 2 heterocycles. The van der Waals surface area contributed by atoms with E-state index in [2.05, 4.69) is 4.98 Å². The normalized spacial score (nSPS) is 12.7. The van der Waals surface area contributed by atoms with Crippen LogP contribution >= 0.6 is 11.3 Å². The zero-order chi connectivity index (χ0) is 14.7. The van der Waals surface area contributed by atoms with Gasteiger partial charge in [0.15, 0.2) is 11.5 Å². The Kier molecular flexibility index (Phi) is 4.26. The fourth-order valence-electron chi connectivity index (χ4n) is 2.27. The summed E-state index contributed by atoms with van der Waals surface area (Å²) in [5.74, 6) is 2.33. The highest BCUT2D eigenvalue weighted by molar-refractivity contribution is 7.09. The second-order valence-electron chi connectivity index (χ2n) is 4.81. The summed E-state index contributed by atoms with van der Waals surface area (Å²) in [7, 11) is 0. The number of hydrogen-bond donors (Lipinski definition) is 1. The molecule has 0 aliphatic carbocycles. The molecule has 5 nitrogen and oxygen atoms in total. The van der Waals surface area contributed by atoms with Gasteiger partial charge in [-0.1, -0.05) is 0 Å². The van der Waals surface area contributed by atoms with E-state index in [-0.39, 0.29) is 6.79 Å². The van der Waals surface area contributed by atoms with Gasteiger partial charge in [0.05, 0.1) is 17.8 Å². The van der Waals surface area contributed by atoms with Gasteiger partial charge in [-0.15, -0.1) is 11.3 Å². The first-order chi connectivity index (χ1) is 10.3. The van der Waals surface area contributed by atoms with Crippen LogP contribution in [0.5, 0.6) is 17.2 Å². The maximum atomic E-state index is 5.93. The van der Waals surface area contributed by atoms with E-state index >= 15 is 0 Å². The van der Waals surface area contributed by atoms with E-state index in [1.54, 1.807) is 11.3 Å². The first-order valence-corrected chi connectivity index (χ1v) is 7.80. The van der Waals surface area contributed by atoms with Crippen molar-refractivity contribution in [3.05, 3.63) is 33.8 Å². The Balaban J connectivity index is 1.70. The van der Waals surface area contributed by atoms with Gasteiger partial charge in [0.2, 0.25) is 6.79 Å². The van der Waals surface area contributed by atoms with Gasteiger partial charge in [-0.25, -0.2) is 4.98 Å². The van der Waals surface area contributed by atoms with Gasteiger partial charge in [-0.05, 0) is 31.5 Å². The van der Waals surface area contributed by atoms with Gasteiger partial charge in [0.25, 0.3) is 0 Å². The second kappa shape index (κ2) is 6.32. The fraction of sp³-hybridized carbons (Fsp3) is 0.400. The van der Waals surface area contributed by atoms with Crippen molar-refractivity contribution in [1.29, 1.82) is 0 Å². The van der Waals surface area contributed by atoms with Crippen LogP contribution in [0.1, 0.15) is 16.1 Å². The summed E-state index contributed by atoms with van der Waals surface area (Å²) in [5.41, 5.74) is 9.67. The number of aromatic nitrogens is 1. The lowest BCUT2D eigenvalue weighted by molar-refractivity contribution is 0.173. The smallest absolute Gasteiger partial charge is 0.231 e. The summed E-state index contributed by atoms with van der Waals surface area (Å²) >= 11 is 1.66. The number of nitrogens with zero attached hydrogens (tertiary/aromatic N) is 1. The topological polar surface area (TPSA) is 66.6 Å². The molecule has 1 aromatic heterocycles. The molecule has 112 valence electrons. The molecule has 0 radical (unpaired) electrons. The van der Waals surface area contributed by atoms with Crippen molar-refractivity contribution in [3.63, 3.8) is 0 Å². The van der Waals surface area contributed by atoms with E-state index in [0.717, 1.165) is 41.3 Å². The SMILES string of the molecule is Cc1ncsc1CCOc1cc2c(cc1CCN)OCO2. The molecular formula is C15H18N2O3S. The number of nitrogens with two attached hydrogens (primary N) is 1. The van der Waals surface area contributed by atoms with Crippen LogP contribution in [0.2, 0.25) is 0 Å². The molecule has 0 saturated carbocycles. The van der Waals surface area contributed by atoms with Gasteiger partial charge >= 0.3 is 0 Å². The van der Waals surface area contributed by atoms with Crippen molar-refractivity contribution in [3.8, 4) is 17.2 Å². The molecule has 2 N–H and O–H groups in total. The summed E-state index contributed by atoms with van der Waals surface area (Å²) in [6.07, 6.45) is 1.61. The molecule has 0 bridgehead atoms. The van der Waals surface area contributed by atoms with Crippen molar-refractivity contribution >= 4 is 11.3 Å². The van der Waals surface area contributed by atoms with Crippen LogP contribution in [0.15, 0.2) is 17.6 Å². The lowest BCUT2D eigenvalue weighted by atomic mass is 10.1. The predicted octanol–water partition coefficient (Wildman–Crippen LogP) is 2.30. The van der Waals surface area contributed by atoms with E-state index in [9.17, 15) is 0 Å². The number of ether oxygens (including phenoxy) is 3. The summed E-state index contributed by atoms with van der Waals surface area (Å²) in [5, 5.41) is 0. The standard InChI is InChI=1S/C15H18N2O3S/c1-10-15(21-8-17-10)3-5-18-12-7-14-13(19-9-20-14)6-11(12)2-4-16/h6-8H,2-5,9,16H2,1H3. The molecule has 1 aliphatic heterocycles. The van der Waals surface area contributed by atoms with Crippen molar-refractivity contribution in [2.24, 2.45) is 5.73 Å². The number of thiazole rings is 1. The minimum Gasteiger partial charge on any atom is -0.493 e. The second-order valence-corrected chi connectivity index (χ2v) is 5.75. The molecule has 21 heavy (non-hydrogen) atoms. The van der Waals surface area contributed by atoms with Crippen LogP contribution in [0, 0.1) is 6.92 Å². The van der Waals surface area contributed by atoms with Gasteiger partial charge in [-0.3, -0.25) is 0 Å². The molecule has 0 amide bonds. The van der Waals surface area contributed by atoms with Crippen LogP contribution in [0.25, 0.3) is 0 Å². The van der Waals surface area contributed by atoms with E-state index < -0.39 is 0 Å². The summed E-state index contributed by atoms with van der Waals surface area (Å²) in [6.45, 7) is 3.47. The summed E-state index contributed by atoms with van der Waals surface area (Å²) in [4.78, 5) is 5.51. The quantitative estimate of drug-likeness (QED) is 0.887. The highest BCUT2D eigenvalue weighted by Crippen LogP contribution is 2.38. The number of rotatable bonds is 6. The van der Waals surface area contributed by atoms with Crippen LogP contribution in [-0.2, 0) is 12.8 Å². The third-order valence-electron chi connectivity index (χ3n) is 3.40. The molecule has 0 saturated heterocycles. The molecule has 1 aromatic carbocycles. The highest BCUT2D eigenvalue weighted by Gasteiger charge is 2.17. The Bertz CT molecular complexity index is 627. The first kappa shape index (κ1) is 14.2. The van der Waals surface area contributed by atoms with E-state index in [0.29, 0.717) is 13.2 Å². The Hall–Kier alpha value is -1.79. The highest BCUT2D eigenvalue weighted by atomic mass is 32.1. The third kappa shape index (κ3) is 3.11. The molecule has 3 rings (SSSR count). The minimum atomic E-state index is 0.265. The zero-order valence-corrected chi connectivity index (χ0v) is 12.7. The summed E-state index contributed by atoms with van der Waals surface area (Å²) < 4.78 is 16.7. The molecule has 2 aromatic rings. The minimum absolute atomic E-state index is 0.265. The van der Waals surface area contributed by atoms with Crippen molar-refractivity contribution in [2.75, 3.05) is 19.9 Å². The molecule has 0 atom stereocenters. The maximum Gasteiger partial charge on any atom is 0.231 e. The third-order valence-corrected chi connectivity index (χ3v) is 4.40. The van der Waals surface area contributed by atoms with Crippen LogP contribution in [0.3, 0.4) is 0 Å². The van der Waals surface area contributed by atoms with Gasteiger partial charge in [0.1, 0.15) is 5.75 Å². The fourth-order valence-corrected chi connectivity index (χ4v) is 3.03. The number of hydrogen-bond acceptors (Lipinski definition) is 6. The van der Waals surface area contributed by atoms with Gasteiger partial charge in [-0.2, -0.15) is 0 Å². The molecule has 0 fully saturated rings. The van der Waals surface area contributed by atoms with Crippen LogP contribution in [0.4, 0.5) is 0 Å². The van der Waals surface area contributed by atoms with E-state index in [4.69, 9.17) is 19.9 Å². The molecule has 0 unspecified atom stereocenters. The van der Waals surface area contributed by atoms with Crippen molar-refractivity contribution < 1.29 is 14.2 Å². The maximum absolute atomic E-state index is 5.93. The lowest BCUT2D eigenvalue weighted by Crippen LogP contribution is -2.07. The van der Waals surface area contributed by atoms with Crippen molar-refractivity contribution in [1.82, 2.24) is 4.98 Å². The Morgan fingerprint density at radius 1 is 1.29 bits per heavy atom. The van der Waals surface area contributed by atoms with Crippen LogP contribution in [-0.4, -0.2) is 24.9 Å². The molecule has 0 spiro atoms. The number of fused-ring (bicyclic) bond motifs is 1. The number of benzene rings is 1. The lowest BCUT2D eigenvalue weighted by Gasteiger charge is -2.12. The predicted molar refractivity (Wildman–Crippen MR) is 81.4 cm³/mol.